The number of fused-ring (bicyclic) bond motifs is 1. The summed E-state index contributed by atoms with van der Waals surface area (Å²) >= 11 is 2.19. The minimum Gasteiger partial charge on any atom is -0.338 e. The summed E-state index contributed by atoms with van der Waals surface area (Å²) in [6.07, 6.45) is 0.354. The number of aryl methyl sites for hydroxylation is 1. The van der Waals surface area contributed by atoms with Crippen molar-refractivity contribution in [3.63, 3.8) is 0 Å². The highest BCUT2D eigenvalue weighted by Crippen LogP contribution is 2.26. The molecule has 0 unspecified atom stereocenters. The number of nitro groups is 1. The monoisotopic (exact) mass is 508 g/mol. The van der Waals surface area contributed by atoms with Gasteiger partial charge in [-0.3, -0.25) is 24.6 Å². The van der Waals surface area contributed by atoms with E-state index in [1.165, 1.54) is 12.1 Å². The van der Waals surface area contributed by atoms with Crippen LogP contribution < -0.4 is 10.6 Å². The molecule has 0 aliphatic carbocycles. The molecule has 0 saturated heterocycles. The lowest BCUT2D eigenvalue weighted by Crippen LogP contribution is -2.35. The minimum absolute atomic E-state index is 0.0316. The number of benzene rings is 2. The van der Waals surface area contributed by atoms with Crippen LogP contribution in [0.4, 0.5) is 16.2 Å². The number of hydrogen-bond donors (Lipinski definition) is 2. The molecule has 0 saturated carbocycles. The molecule has 4 amide bonds. The zero-order valence-corrected chi connectivity index (χ0v) is 17.6. The van der Waals surface area contributed by atoms with Crippen molar-refractivity contribution in [2.75, 3.05) is 18.4 Å². The summed E-state index contributed by atoms with van der Waals surface area (Å²) in [5.41, 5.74) is 1.58. The predicted octanol–water partition coefficient (Wildman–Crippen LogP) is 3.32. The van der Waals surface area contributed by atoms with Gasteiger partial charge in [0.25, 0.3) is 17.5 Å². The molecule has 3 rings (SSSR count). The second-order valence-corrected chi connectivity index (χ2v) is 7.69. The van der Waals surface area contributed by atoms with Gasteiger partial charge in [0.05, 0.1) is 16.1 Å². The maximum Gasteiger partial charge on any atom is 0.319 e. The first kappa shape index (κ1) is 20.7. The number of urea groups is 1. The predicted molar refractivity (Wildman–Crippen MR) is 114 cm³/mol. The lowest BCUT2D eigenvalue weighted by Gasteiger charge is -2.14. The molecular weight excluding hydrogens is 491 g/mol. The van der Waals surface area contributed by atoms with Crippen molar-refractivity contribution in [2.45, 2.75) is 13.3 Å². The molecule has 2 aromatic rings. The molecule has 0 radical (unpaired) electrons. The van der Waals surface area contributed by atoms with E-state index in [4.69, 9.17) is 0 Å². The van der Waals surface area contributed by atoms with E-state index in [9.17, 15) is 24.5 Å². The van der Waals surface area contributed by atoms with E-state index in [2.05, 4.69) is 33.2 Å². The molecule has 9 nitrogen and oxygen atoms in total. The lowest BCUT2D eigenvalue weighted by molar-refractivity contribution is -0.384. The van der Waals surface area contributed by atoms with Crippen LogP contribution in [-0.2, 0) is 0 Å². The largest absolute Gasteiger partial charge is 0.338 e. The van der Waals surface area contributed by atoms with E-state index in [0.717, 1.165) is 20.1 Å². The molecule has 150 valence electrons. The molecule has 0 bridgehead atoms. The summed E-state index contributed by atoms with van der Waals surface area (Å²) in [5.74, 6) is -1.05. The molecule has 10 heteroatoms. The average Bonchev–Trinajstić information content (AvgIpc) is 2.91. The Morgan fingerprint density at radius 2 is 1.86 bits per heavy atom. The Kier molecular flexibility index (Phi) is 6.11. The van der Waals surface area contributed by atoms with Gasteiger partial charge in [-0.2, -0.15) is 0 Å². The van der Waals surface area contributed by atoms with Crippen molar-refractivity contribution in [1.29, 1.82) is 0 Å². The van der Waals surface area contributed by atoms with E-state index in [1.807, 2.05) is 25.1 Å². The van der Waals surface area contributed by atoms with Crippen molar-refractivity contribution in [3.8, 4) is 0 Å². The maximum absolute atomic E-state index is 12.4. The van der Waals surface area contributed by atoms with E-state index in [-0.39, 0.29) is 35.9 Å². The van der Waals surface area contributed by atoms with Crippen molar-refractivity contribution in [2.24, 2.45) is 0 Å². The Balaban J connectivity index is 1.51. The van der Waals surface area contributed by atoms with E-state index >= 15 is 0 Å². The Morgan fingerprint density at radius 1 is 1.14 bits per heavy atom. The highest BCUT2D eigenvalue weighted by molar-refractivity contribution is 14.1. The van der Waals surface area contributed by atoms with Gasteiger partial charge in [0.15, 0.2) is 0 Å². The standard InChI is InChI=1S/C19H17IN4O5/c1-11-9-12(20)3-6-16(11)22-19(27)21-7-2-8-23-17(25)14-5-4-13(24(28)29)10-15(14)18(23)26/h3-6,9-10H,2,7-8H2,1H3,(H2,21,22,27). The molecule has 0 spiro atoms. The fraction of sp³-hybridized carbons (Fsp3) is 0.211. The molecular formula is C19H17IN4O5. The van der Waals surface area contributed by atoms with Gasteiger partial charge in [-0.25, -0.2) is 4.79 Å². The van der Waals surface area contributed by atoms with Crippen LogP contribution in [0.15, 0.2) is 36.4 Å². The smallest absolute Gasteiger partial charge is 0.319 e. The summed E-state index contributed by atoms with van der Waals surface area (Å²) in [7, 11) is 0. The Hall–Kier alpha value is -3.02. The number of carbonyl (C=O) groups is 3. The molecule has 0 fully saturated rings. The normalized spacial score (nSPS) is 12.7. The second kappa shape index (κ2) is 8.55. The number of nitro benzene ring substituents is 1. The molecule has 2 aromatic carbocycles. The molecule has 1 aliphatic heterocycles. The lowest BCUT2D eigenvalue weighted by atomic mass is 10.1. The third-order valence-electron chi connectivity index (χ3n) is 4.45. The molecule has 1 heterocycles. The average molecular weight is 508 g/mol. The van der Waals surface area contributed by atoms with Crippen molar-refractivity contribution >= 4 is 51.8 Å². The van der Waals surface area contributed by atoms with E-state index in [1.54, 1.807) is 0 Å². The van der Waals surface area contributed by atoms with Crippen molar-refractivity contribution in [3.05, 3.63) is 66.8 Å². The number of anilines is 1. The van der Waals surface area contributed by atoms with Crippen LogP contribution in [-0.4, -0.2) is 40.8 Å². The Labute approximate surface area is 179 Å². The summed E-state index contributed by atoms with van der Waals surface area (Å²) in [6, 6.07) is 8.87. The summed E-state index contributed by atoms with van der Waals surface area (Å²) in [5, 5.41) is 16.3. The number of rotatable bonds is 6. The van der Waals surface area contributed by atoms with Gasteiger partial charge in [0.1, 0.15) is 0 Å². The van der Waals surface area contributed by atoms with Crippen molar-refractivity contribution < 1.29 is 19.3 Å². The molecule has 0 atom stereocenters. The highest BCUT2D eigenvalue weighted by atomic mass is 127. The van der Waals surface area contributed by atoms with Gasteiger partial charge >= 0.3 is 6.03 Å². The van der Waals surface area contributed by atoms with Crippen LogP contribution in [0, 0.1) is 20.6 Å². The molecule has 0 aromatic heterocycles. The number of non-ortho nitro benzene ring substituents is 1. The van der Waals surface area contributed by atoms with E-state index < -0.39 is 16.7 Å². The minimum atomic E-state index is -0.613. The summed E-state index contributed by atoms with van der Waals surface area (Å²) in [4.78, 5) is 48.1. The first-order chi connectivity index (χ1) is 13.8. The van der Waals surface area contributed by atoms with Crippen LogP contribution in [0.2, 0.25) is 0 Å². The number of amides is 4. The van der Waals surface area contributed by atoms with Gasteiger partial charge in [0.2, 0.25) is 0 Å². The maximum atomic E-state index is 12.4. The van der Waals surface area contributed by atoms with Gasteiger partial charge in [0, 0.05) is 34.5 Å². The number of hydrogen-bond acceptors (Lipinski definition) is 5. The van der Waals surface area contributed by atoms with Gasteiger partial charge in [-0.1, -0.05) is 0 Å². The van der Waals surface area contributed by atoms with Gasteiger partial charge in [-0.05, 0) is 65.8 Å². The quantitative estimate of drug-likeness (QED) is 0.204. The van der Waals surface area contributed by atoms with Crippen LogP contribution >= 0.6 is 22.6 Å². The molecule has 2 N–H and O–H groups in total. The highest BCUT2D eigenvalue weighted by Gasteiger charge is 2.36. The summed E-state index contributed by atoms with van der Waals surface area (Å²) < 4.78 is 1.07. The summed E-state index contributed by atoms with van der Waals surface area (Å²) in [6.45, 7) is 2.25. The first-order valence-electron chi connectivity index (χ1n) is 8.73. The number of nitrogens with zero attached hydrogens (tertiary/aromatic N) is 2. The number of carbonyl (C=O) groups excluding carboxylic acids is 3. The zero-order valence-electron chi connectivity index (χ0n) is 15.4. The van der Waals surface area contributed by atoms with Crippen LogP contribution in [0.1, 0.15) is 32.7 Å². The fourth-order valence-corrected chi connectivity index (χ4v) is 3.62. The third kappa shape index (κ3) is 4.53. The van der Waals surface area contributed by atoms with Crippen LogP contribution in [0.25, 0.3) is 0 Å². The van der Waals surface area contributed by atoms with Crippen LogP contribution in [0.5, 0.6) is 0 Å². The van der Waals surface area contributed by atoms with Crippen molar-refractivity contribution in [1.82, 2.24) is 10.2 Å². The van der Waals surface area contributed by atoms with Gasteiger partial charge < -0.3 is 10.6 Å². The fourth-order valence-electron chi connectivity index (χ4n) is 2.97. The number of nitrogens with one attached hydrogen (secondary N) is 2. The first-order valence-corrected chi connectivity index (χ1v) is 9.81. The number of imide groups is 1. The SMILES string of the molecule is Cc1cc(I)ccc1NC(=O)NCCCN1C(=O)c2ccc([N+](=O)[O-])cc2C1=O. The third-order valence-corrected chi connectivity index (χ3v) is 5.12. The zero-order chi connectivity index (χ0) is 21.1. The Bertz CT molecular complexity index is 1020. The van der Waals surface area contributed by atoms with E-state index in [0.29, 0.717) is 12.1 Å². The number of halogens is 1. The van der Waals surface area contributed by atoms with Gasteiger partial charge in [-0.15, -0.1) is 0 Å². The Morgan fingerprint density at radius 3 is 2.55 bits per heavy atom. The molecule has 1 aliphatic rings. The second-order valence-electron chi connectivity index (χ2n) is 6.44. The topological polar surface area (TPSA) is 122 Å². The molecule has 29 heavy (non-hydrogen) atoms. The van der Waals surface area contributed by atoms with Crippen LogP contribution in [0.3, 0.4) is 0 Å².